The lowest BCUT2D eigenvalue weighted by atomic mass is 9.95. The fourth-order valence-corrected chi connectivity index (χ4v) is 4.51. The summed E-state index contributed by atoms with van der Waals surface area (Å²) < 4.78 is 5.49. The maximum Gasteiger partial charge on any atom is 0.408 e. The van der Waals surface area contributed by atoms with Crippen molar-refractivity contribution in [2.24, 2.45) is 5.92 Å². The van der Waals surface area contributed by atoms with Crippen molar-refractivity contribution in [1.29, 1.82) is 0 Å². The summed E-state index contributed by atoms with van der Waals surface area (Å²) in [5, 5.41) is 5.94. The van der Waals surface area contributed by atoms with Crippen LogP contribution in [0.1, 0.15) is 90.0 Å². The van der Waals surface area contributed by atoms with Crippen LogP contribution in [0.5, 0.6) is 0 Å². The molecule has 0 heterocycles. The highest BCUT2D eigenvalue weighted by Gasteiger charge is 2.38. The van der Waals surface area contributed by atoms with Crippen LogP contribution >= 0.6 is 0 Å². The molecule has 0 aliphatic rings. The number of anilines is 1. The zero-order valence-electron chi connectivity index (χ0n) is 25.0. The van der Waals surface area contributed by atoms with Gasteiger partial charge in [-0.15, -0.1) is 0 Å². The number of unbranched alkanes of at least 4 members (excludes halogenated alkanes) is 2. The van der Waals surface area contributed by atoms with Crippen LogP contribution in [-0.2, 0) is 14.3 Å². The highest BCUT2D eigenvalue weighted by atomic mass is 16.6. The number of nitrogens with zero attached hydrogens (tertiary/aromatic N) is 1. The summed E-state index contributed by atoms with van der Waals surface area (Å²) in [6.07, 6.45) is 2.64. The molecule has 0 bridgehead atoms. The number of carbonyl (C=O) groups excluding carboxylic acids is 3. The molecule has 0 aliphatic heterocycles. The largest absolute Gasteiger partial charge is 0.444 e. The molecule has 3 atom stereocenters. The van der Waals surface area contributed by atoms with Gasteiger partial charge in [0.1, 0.15) is 17.7 Å². The Morgan fingerprint density at radius 1 is 0.923 bits per heavy atom. The lowest BCUT2D eigenvalue weighted by Crippen LogP contribution is -2.55. The number of ether oxygens (including phenoxy) is 1. The van der Waals surface area contributed by atoms with E-state index in [2.05, 4.69) is 17.6 Å². The first kappa shape index (κ1) is 31.9. The number of hydrogen-bond acceptors (Lipinski definition) is 4. The van der Waals surface area contributed by atoms with Crippen LogP contribution in [0.25, 0.3) is 0 Å². The first-order valence-corrected chi connectivity index (χ1v) is 14.1. The third kappa shape index (κ3) is 9.41. The molecule has 214 valence electrons. The van der Waals surface area contributed by atoms with Gasteiger partial charge in [0.15, 0.2) is 0 Å². The van der Waals surface area contributed by atoms with Crippen LogP contribution in [0.2, 0.25) is 0 Å². The van der Waals surface area contributed by atoms with Gasteiger partial charge in [-0.3, -0.25) is 9.59 Å². The Bertz CT molecular complexity index is 1070. The lowest BCUT2D eigenvalue weighted by Gasteiger charge is -2.36. The van der Waals surface area contributed by atoms with E-state index < -0.39 is 23.8 Å². The summed E-state index contributed by atoms with van der Waals surface area (Å²) in [6, 6.07) is 13.5. The molecular weight excluding hydrogens is 490 g/mol. The van der Waals surface area contributed by atoms with Crippen LogP contribution in [0.3, 0.4) is 0 Å². The number of para-hydroxylation sites is 1. The van der Waals surface area contributed by atoms with Gasteiger partial charge in [-0.2, -0.15) is 0 Å². The van der Waals surface area contributed by atoms with E-state index >= 15 is 0 Å². The van der Waals surface area contributed by atoms with Crippen molar-refractivity contribution in [3.8, 4) is 0 Å². The number of hydrogen-bond donors (Lipinski definition) is 2. The number of alkyl carbamates (subject to hydrolysis) is 1. The molecular formula is C32H47N3O4. The van der Waals surface area contributed by atoms with Crippen LogP contribution in [0.15, 0.2) is 48.5 Å². The van der Waals surface area contributed by atoms with Gasteiger partial charge in [-0.05, 0) is 63.6 Å². The predicted molar refractivity (Wildman–Crippen MR) is 158 cm³/mol. The Kier molecular flexibility index (Phi) is 12.0. The number of carbonyl (C=O) groups is 3. The minimum absolute atomic E-state index is 0.170. The van der Waals surface area contributed by atoms with Crippen LogP contribution in [-0.4, -0.2) is 41.0 Å². The van der Waals surface area contributed by atoms with Crippen molar-refractivity contribution in [1.82, 2.24) is 10.2 Å². The van der Waals surface area contributed by atoms with Crippen molar-refractivity contribution in [2.45, 2.75) is 98.8 Å². The third-order valence-corrected chi connectivity index (χ3v) is 6.84. The van der Waals surface area contributed by atoms with E-state index in [0.29, 0.717) is 18.5 Å². The Morgan fingerprint density at radius 2 is 1.54 bits per heavy atom. The monoisotopic (exact) mass is 537 g/mol. The van der Waals surface area contributed by atoms with E-state index in [4.69, 9.17) is 4.74 Å². The summed E-state index contributed by atoms with van der Waals surface area (Å²) in [5.41, 5.74) is 2.65. The summed E-state index contributed by atoms with van der Waals surface area (Å²) in [4.78, 5) is 42.8. The molecule has 0 saturated heterocycles. The minimum Gasteiger partial charge on any atom is -0.444 e. The van der Waals surface area contributed by atoms with Crippen molar-refractivity contribution in [3.05, 3.63) is 65.2 Å². The third-order valence-electron chi connectivity index (χ3n) is 6.84. The first-order valence-electron chi connectivity index (χ1n) is 14.1. The van der Waals surface area contributed by atoms with Crippen molar-refractivity contribution < 1.29 is 19.1 Å². The summed E-state index contributed by atoms with van der Waals surface area (Å²) in [5.74, 6) is -0.753. The molecule has 3 amide bonds. The molecule has 7 nitrogen and oxygen atoms in total. The van der Waals surface area contributed by atoms with Gasteiger partial charge in [-0.25, -0.2) is 4.79 Å². The topological polar surface area (TPSA) is 87.7 Å². The Labute approximate surface area is 234 Å². The zero-order chi connectivity index (χ0) is 29.2. The SMILES string of the molecule is CCCCCN(C(=O)C(NC(=O)OC(C)(C)C)C(C)CC)C(C(=O)Nc1c(C)cccc1C)c1ccccc1. The summed E-state index contributed by atoms with van der Waals surface area (Å²) in [7, 11) is 0. The smallest absolute Gasteiger partial charge is 0.408 e. The second-order valence-corrected chi connectivity index (χ2v) is 11.3. The van der Waals surface area contributed by atoms with Gasteiger partial charge < -0.3 is 20.3 Å². The molecule has 39 heavy (non-hydrogen) atoms. The molecule has 0 saturated carbocycles. The number of benzene rings is 2. The van der Waals surface area contributed by atoms with Gasteiger partial charge in [0.25, 0.3) is 5.91 Å². The normalized spacial score (nSPS) is 13.6. The van der Waals surface area contributed by atoms with E-state index in [9.17, 15) is 14.4 Å². The maximum atomic E-state index is 14.3. The molecule has 2 aromatic carbocycles. The van der Waals surface area contributed by atoms with E-state index in [1.54, 1.807) is 25.7 Å². The Balaban J connectivity index is 2.55. The highest BCUT2D eigenvalue weighted by Crippen LogP contribution is 2.28. The molecule has 2 rings (SSSR count). The van der Waals surface area contributed by atoms with Crippen molar-refractivity contribution in [2.75, 3.05) is 11.9 Å². The van der Waals surface area contributed by atoms with Crippen molar-refractivity contribution >= 4 is 23.6 Å². The molecule has 7 heteroatoms. The van der Waals surface area contributed by atoms with Gasteiger partial charge in [0, 0.05) is 12.2 Å². The Morgan fingerprint density at radius 3 is 2.08 bits per heavy atom. The summed E-state index contributed by atoms with van der Waals surface area (Å²) >= 11 is 0. The lowest BCUT2D eigenvalue weighted by molar-refractivity contribution is -0.142. The van der Waals surface area contributed by atoms with Gasteiger partial charge >= 0.3 is 6.09 Å². The van der Waals surface area contributed by atoms with E-state index in [-0.39, 0.29) is 17.7 Å². The van der Waals surface area contributed by atoms with E-state index in [0.717, 1.165) is 36.1 Å². The maximum absolute atomic E-state index is 14.3. The van der Waals surface area contributed by atoms with Gasteiger partial charge in [0.05, 0.1) is 0 Å². The number of rotatable bonds is 12. The van der Waals surface area contributed by atoms with Crippen LogP contribution in [0, 0.1) is 19.8 Å². The van der Waals surface area contributed by atoms with Crippen molar-refractivity contribution in [3.63, 3.8) is 0 Å². The molecule has 0 spiro atoms. The van der Waals surface area contributed by atoms with E-state index in [1.807, 2.05) is 76.2 Å². The van der Waals surface area contributed by atoms with Crippen LogP contribution < -0.4 is 10.6 Å². The second kappa shape index (κ2) is 14.7. The molecule has 0 fully saturated rings. The average Bonchev–Trinajstić information content (AvgIpc) is 2.87. The standard InChI is InChI=1S/C32H47N3O4/c1-9-11-15-21-35(30(37)27(22(3)10-2)34-31(38)39-32(6,7)8)28(25-19-13-12-14-20-25)29(36)33-26-23(4)17-16-18-24(26)5/h12-14,16-20,22,27-28H,9-11,15,21H2,1-8H3,(H,33,36)(H,34,38). The molecule has 0 radical (unpaired) electrons. The molecule has 3 unspecified atom stereocenters. The fraction of sp³-hybridized carbons (Fsp3) is 0.531. The zero-order valence-corrected chi connectivity index (χ0v) is 25.0. The van der Waals surface area contributed by atoms with E-state index in [1.165, 1.54) is 0 Å². The van der Waals surface area contributed by atoms with Crippen LogP contribution in [0.4, 0.5) is 10.5 Å². The molecule has 2 aromatic rings. The van der Waals surface area contributed by atoms with Gasteiger partial charge in [0.2, 0.25) is 5.91 Å². The quantitative estimate of drug-likeness (QED) is 0.287. The number of nitrogens with one attached hydrogen (secondary N) is 2. The van der Waals surface area contributed by atoms with Gasteiger partial charge in [-0.1, -0.05) is 88.6 Å². The molecule has 0 aliphatic carbocycles. The predicted octanol–water partition coefficient (Wildman–Crippen LogP) is 6.94. The fourth-order valence-electron chi connectivity index (χ4n) is 4.51. The molecule has 0 aromatic heterocycles. The first-order chi connectivity index (χ1) is 18.4. The average molecular weight is 538 g/mol. The number of aryl methyl sites for hydroxylation is 2. The minimum atomic E-state index is -0.874. The highest BCUT2D eigenvalue weighted by molar-refractivity contribution is 6.00. The second-order valence-electron chi connectivity index (χ2n) is 11.3. The molecule has 2 N–H and O–H groups in total. The number of amides is 3. The summed E-state index contributed by atoms with van der Waals surface area (Å²) in [6.45, 7) is 15.6. The Hall–Kier alpha value is -3.35.